The lowest BCUT2D eigenvalue weighted by molar-refractivity contribution is -0.112. The van der Waals surface area contributed by atoms with Crippen molar-refractivity contribution in [2.75, 3.05) is 19.5 Å². The summed E-state index contributed by atoms with van der Waals surface area (Å²) in [6.07, 6.45) is 1.48. The van der Waals surface area contributed by atoms with Gasteiger partial charge in [-0.3, -0.25) is 4.79 Å². The van der Waals surface area contributed by atoms with E-state index in [2.05, 4.69) is 5.32 Å². The van der Waals surface area contributed by atoms with Crippen LogP contribution in [0.2, 0.25) is 0 Å². The number of rotatable bonds is 5. The van der Waals surface area contributed by atoms with Gasteiger partial charge in [-0.2, -0.15) is 5.26 Å². The molecule has 0 spiro atoms. The van der Waals surface area contributed by atoms with Gasteiger partial charge in [0.15, 0.2) is 0 Å². The largest absolute Gasteiger partial charge is 0.497 e. The summed E-state index contributed by atoms with van der Waals surface area (Å²) in [5.41, 5.74) is 3.41. The van der Waals surface area contributed by atoms with Gasteiger partial charge in [0.05, 0.1) is 14.2 Å². The molecule has 0 unspecified atom stereocenters. The zero-order valence-electron chi connectivity index (χ0n) is 14.7. The molecule has 25 heavy (non-hydrogen) atoms. The molecular weight excluding hydrogens is 316 g/mol. The molecule has 5 nitrogen and oxygen atoms in total. The summed E-state index contributed by atoms with van der Waals surface area (Å²) < 4.78 is 10.5. The van der Waals surface area contributed by atoms with Crippen molar-refractivity contribution >= 4 is 17.7 Å². The van der Waals surface area contributed by atoms with Gasteiger partial charge in [-0.1, -0.05) is 6.07 Å². The predicted molar refractivity (Wildman–Crippen MR) is 97.7 cm³/mol. The third kappa shape index (κ3) is 4.39. The molecule has 2 aromatic carbocycles. The molecular formula is C20H20N2O3. The second-order valence-electron chi connectivity index (χ2n) is 5.53. The van der Waals surface area contributed by atoms with Gasteiger partial charge >= 0.3 is 0 Å². The minimum absolute atomic E-state index is 0.0234. The molecule has 2 aromatic rings. The Bertz CT molecular complexity index is 864. The number of nitrogens with zero attached hydrogens (tertiary/aromatic N) is 1. The molecule has 2 rings (SSSR count). The minimum Gasteiger partial charge on any atom is -0.497 e. The molecule has 0 saturated carbocycles. The fraction of sp³-hybridized carbons (Fsp3) is 0.200. The number of carbonyl (C=O) groups excluding carboxylic acids is 1. The van der Waals surface area contributed by atoms with Crippen LogP contribution in [0.3, 0.4) is 0 Å². The quantitative estimate of drug-likeness (QED) is 0.665. The normalized spacial score (nSPS) is 10.8. The molecule has 0 heterocycles. The number of methoxy groups -OCH3 is 2. The van der Waals surface area contributed by atoms with Gasteiger partial charge in [0, 0.05) is 11.3 Å². The number of nitrogens with one attached hydrogen (secondary N) is 1. The summed E-state index contributed by atoms with van der Waals surface area (Å²) >= 11 is 0. The molecule has 1 amide bonds. The van der Waals surface area contributed by atoms with Crippen LogP contribution in [-0.4, -0.2) is 20.1 Å². The van der Waals surface area contributed by atoms with Gasteiger partial charge in [0.2, 0.25) is 0 Å². The zero-order chi connectivity index (χ0) is 18.4. The lowest BCUT2D eigenvalue weighted by Crippen LogP contribution is -2.13. The maximum Gasteiger partial charge on any atom is 0.266 e. The molecule has 0 saturated heterocycles. The van der Waals surface area contributed by atoms with Crippen molar-refractivity contribution in [3.63, 3.8) is 0 Å². The Morgan fingerprint density at radius 2 is 1.84 bits per heavy atom. The Morgan fingerprint density at radius 1 is 1.08 bits per heavy atom. The number of hydrogen-bond acceptors (Lipinski definition) is 4. The highest BCUT2D eigenvalue weighted by Gasteiger charge is 2.12. The van der Waals surface area contributed by atoms with E-state index < -0.39 is 5.91 Å². The molecule has 0 aromatic heterocycles. The molecule has 0 fully saturated rings. The van der Waals surface area contributed by atoms with E-state index in [4.69, 9.17) is 9.47 Å². The summed E-state index contributed by atoms with van der Waals surface area (Å²) in [7, 11) is 3.08. The molecule has 0 bridgehead atoms. The van der Waals surface area contributed by atoms with Crippen molar-refractivity contribution in [1.82, 2.24) is 0 Å². The molecule has 0 aliphatic carbocycles. The zero-order valence-corrected chi connectivity index (χ0v) is 14.7. The maximum absolute atomic E-state index is 12.4. The van der Waals surface area contributed by atoms with Crippen LogP contribution in [0.5, 0.6) is 11.5 Å². The molecule has 128 valence electrons. The average Bonchev–Trinajstić information content (AvgIpc) is 2.62. The number of aryl methyl sites for hydroxylation is 2. The fourth-order valence-electron chi connectivity index (χ4n) is 2.27. The van der Waals surface area contributed by atoms with Crippen LogP contribution in [0.4, 0.5) is 5.69 Å². The first-order valence-electron chi connectivity index (χ1n) is 7.71. The predicted octanol–water partition coefficient (Wildman–Crippen LogP) is 3.87. The van der Waals surface area contributed by atoms with E-state index in [-0.39, 0.29) is 5.57 Å². The van der Waals surface area contributed by atoms with Crippen LogP contribution in [0.15, 0.2) is 42.0 Å². The number of anilines is 1. The van der Waals surface area contributed by atoms with E-state index in [9.17, 15) is 10.1 Å². The highest BCUT2D eigenvalue weighted by atomic mass is 16.5. The molecule has 0 radical (unpaired) electrons. The standard InChI is InChI=1S/C20H20N2O3/c1-13-5-6-17(9-14(13)2)22-20(23)16(12-21)10-15-11-18(24-3)7-8-19(15)25-4/h5-11H,1-4H3,(H,22,23)/b16-10-. The van der Waals surface area contributed by atoms with Crippen molar-refractivity contribution in [3.05, 3.63) is 58.7 Å². The minimum atomic E-state index is -0.476. The summed E-state index contributed by atoms with van der Waals surface area (Å²) in [6.45, 7) is 3.96. The second kappa shape index (κ2) is 8.02. The van der Waals surface area contributed by atoms with Crippen LogP contribution in [0, 0.1) is 25.2 Å². The summed E-state index contributed by atoms with van der Waals surface area (Å²) in [4.78, 5) is 12.4. The van der Waals surface area contributed by atoms with Gasteiger partial charge in [-0.25, -0.2) is 0 Å². The first kappa shape index (κ1) is 18.1. The lowest BCUT2D eigenvalue weighted by atomic mass is 10.1. The number of nitriles is 1. The summed E-state index contributed by atoms with van der Waals surface area (Å²) in [5, 5.41) is 12.1. The van der Waals surface area contributed by atoms with E-state index in [0.717, 1.165) is 11.1 Å². The van der Waals surface area contributed by atoms with E-state index in [0.29, 0.717) is 22.7 Å². The SMILES string of the molecule is COc1ccc(OC)c(/C=C(/C#N)C(=O)Nc2ccc(C)c(C)c2)c1. The number of benzene rings is 2. The Morgan fingerprint density at radius 3 is 2.44 bits per heavy atom. The number of hydrogen-bond donors (Lipinski definition) is 1. The van der Waals surface area contributed by atoms with Gasteiger partial charge in [-0.15, -0.1) is 0 Å². The molecule has 5 heteroatoms. The Hall–Kier alpha value is -3.26. The third-order valence-electron chi connectivity index (χ3n) is 3.87. The first-order valence-corrected chi connectivity index (χ1v) is 7.71. The Balaban J connectivity index is 2.32. The summed E-state index contributed by atoms with van der Waals surface area (Å²) in [6, 6.07) is 12.7. The van der Waals surface area contributed by atoms with Crippen LogP contribution >= 0.6 is 0 Å². The van der Waals surface area contributed by atoms with Crippen molar-refractivity contribution in [3.8, 4) is 17.6 Å². The highest BCUT2D eigenvalue weighted by Crippen LogP contribution is 2.26. The number of ether oxygens (including phenoxy) is 2. The molecule has 0 atom stereocenters. The van der Waals surface area contributed by atoms with Crippen molar-refractivity contribution in [2.24, 2.45) is 0 Å². The van der Waals surface area contributed by atoms with Crippen LogP contribution in [-0.2, 0) is 4.79 Å². The van der Waals surface area contributed by atoms with E-state index in [1.54, 1.807) is 31.4 Å². The van der Waals surface area contributed by atoms with E-state index >= 15 is 0 Å². The molecule has 1 N–H and O–H groups in total. The van der Waals surface area contributed by atoms with Crippen LogP contribution in [0.1, 0.15) is 16.7 Å². The highest BCUT2D eigenvalue weighted by molar-refractivity contribution is 6.09. The molecule has 0 aliphatic heterocycles. The Labute approximate surface area is 147 Å². The maximum atomic E-state index is 12.4. The average molecular weight is 336 g/mol. The van der Waals surface area contributed by atoms with Gasteiger partial charge in [0.25, 0.3) is 5.91 Å². The van der Waals surface area contributed by atoms with Gasteiger partial charge in [-0.05, 0) is 61.4 Å². The third-order valence-corrected chi connectivity index (χ3v) is 3.87. The summed E-state index contributed by atoms with van der Waals surface area (Å²) in [5.74, 6) is 0.682. The Kier molecular flexibility index (Phi) is 5.80. The topological polar surface area (TPSA) is 71.3 Å². The molecule has 0 aliphatic rings. The van der Waals surface area contributed by atoms with Crippen molar-refractivity contribution in [2.45, 2.75) is 13.8 Å². The van der Waals surface area contributed by atoms with E-state index in [1.807, 2.05) is 32.0 Å². The van der Waals surface area contributed by atoms with Gasteiger partial charge < -0.3 is 14.8 Å². The first-order chi connectivity index (χ1) is 12.0. The van der Waals surface area contributed by atoms with E-state index in [1.165, 1.54) is 13.2 Å². The van der Waals surface area contributed by atoms with Crippen molar-refractivity contribution in [1.29, 1.82) is 5.26 Å². The monoisotopic (exact) mass is 336 g/mol. The fourth-order valence-corrected chi connectivity index (χ4v) is 2.27. The van der Waals surface area contributed by atoms with Crippen molar-refractivity contribution < 1.29 is 14.3 Å². The smallest absolute Gasteiger partial charge is 0.266 e. The second-order valence-corrected chi connectivity index (χ2v) is 5.53. The lowest BCUT2D eigenvalue weighted by Gasteiger charge is -2.09. The number of carbonyl (C=O) groups is 1. The van der Waals surface area contributed by atoms with Crippen LogP contribution in [0.25, 0.3) is 6.08 Å². The van der Waals surface area contributed by atoms with Crippen LogP contribution < -0.4 is 14.8 Å². The van der Waals surface area contributed by atoms with Gasteiger partial charge in [0.1, 0.15) is 23.1 Å². The number of amides is 1.